The van der Waals surface area contributed by atoms with E-state index in [0.717, 1.165) is 6.42 Å². The summed E-state index contributed by atoms with van der Waals surface area (Å²) >= 11 is 6.32. The van der Waals surface area contributed by atoms with E-state index < -0.39 is 0 Å². The van der Waals surface area contributed by atoms with E-state index >= 15 is 0 Å². The van der Waals surface area contributed by atoms with E-state index in [4.69, 9.17) is 0 Å². The Morgan fingerprint density at radius 3 is 2.29 bits per heavy atom. The van der Waals surface area contributed by atoms with Crippen molar-refractivity contribution in [1.29, 1.82) is 0 Å². The summed E-state index contributed by atoms with van der Waals surface area (Å²) in [7, 11) is 0. The normalized spacial score (nSPS) is 13.4. The number of benzene rings is 2. The molecule has 0 aliphatic carbocycles. The van der Waals surface area contributed by atoms with Crippen molar-refractivity contribution in [3.05, 3.63) is 73.1 Å². The highest BCUT2D eigenvalue weighted by atomic mass is 127. The number of hydrogen-bond acceptors (Lipinski definition) is 0. The molecule has 0 aliphatic rings. The van der Waals surface area contributed by atoms with Crippen molar-refractivity contribution in [2.45, 2.75) is 104 Å². The third kappa shape index (κ3) is 9.20. The second kappa shape index (κ2) is 14.7. The first-order chi connectivity index (χ1) is 15.0. The molecule has 0 aliphatic heterocycles. The van der Waals surface area contributed by atoms with Crippen molar-refractivity contribution >= 4 is 38.5 Å². The summed E-state index contributed by atoms with van der Waals surface area (Å²) in [6.45, 7) is 9.22. The van der Waals surface area contributed by atoms with Gasteiger partial charge in [-0.1, -0.05) is 93.4 Å². The second-order valence-electron chi connectivity index (χ2n) is 9.14. The third-order valence-electron chi connectivity index (χ3n) is 6.39. The van der Waals surface area contributed by atoms with Crippen molar-refractivity contribution in [2.75, 3.05) is 0 Å². The summed E-state index contributed by atoms with van der Waals surface area (Å²) in [5, 5.41) is 0. The lowest BCUT2D eigenvalue weighted by molar-refractivity contribution is 0.582. The predicted octanol–water partition coefficient (Wildman–Crippen LogP) is 10.5. The molecule has 0 amide bonds. The minimum atomic E-state index is 0.515. The molecule has 0 heterocycles. The van der Waals surface area contributed by atoms with Gasteiger partial charge < -0.3 is 0 Å². The molecule has 2 aromatic rings. The Morgan fingerprint density at radius 1 is 0.903 bits per heavy atom. The number of unbranched alkanes of at least 4 members (excludes halogenated alkanes) is 6. The smallest absolute Gasteiger partial charge is 0.0212 e. The average molecular weight is 596 g/mol. The van der Waals surface area contributed by atoms with Crippen molar-refractivity contribution in [1.82, 2.24) is 0 Å². The molecular weight excluding hydrogens is 555 g/mol. The fourth-order valence-electron chi connectivity index (χ4n) is 4.52. The van der Waals surface area contributed by atoms with Crippen molar-refractivity contribution in [3.8, 4) is 0 Å². The van der Waals surface area contributed by atoms with Gasteiger partial charge in [0.1, 0.15) is 0 Å². The maximum absolute atomic E-state index is 3.90. The van der Waals surface area contributed by atoms with Gasteiger partial charge >= 0.3 is 0 Å². The summed E-state index contributed by atoms with van der Waals surface area (Å²) < 4.78 is 2.61. The monoisotopic (exact) mass is 595 g/mol. The lowest BCUT2D eigenvalue weighted by Crippen LogP contribution is -2.08. The van der Waals surface area contributed by atoms with Crippen molar-refractivity contribution < 1.29 is 0 Å². The number of halogens is 2. The first-order valence-electron chi connectivity index (χ1n) is 12.3. The maximum Gasteiger partial charge on any atom is 0.0212 e. The van der Waals surface area contributed by atoms with Crippen LogP contribution in [0.2, 0.25) is 0 Å². The Balaban J connectivity index is 2.01. The van der Waals surface area contributed by atoms with E-state index in [-0.39, 0.29) is 0 Å². The molecule has 0 saturated carbocycles. The lowest BCUT2D eigenvalue weighted by Gasteiger charge is -2.24. The van der Waals surface area contributed by atoms with Crippen LogP contribution in [0, 0.1) is 16.9 Å². The highest BCUT2D eigenvalue weighted by Crippen LogP contribution is 2.37. The highest BCUT2D eigenvalue weighted by molar-refractivity contribution is 14.1. The Bertz CT molecular complexity index is 782. The fourth-order valence-corrected chi connectivity index (χ4v) is 5.98. The molecular formula is C29H41BrI. The Labute approximate surface area is 214 Å². The van der Waals surface area contributed by atoms with Gasteiger partial charge in [-0.25, -0.2) is 0 Å². The minimum absolute atomic E-state index is 0.515. The molecule has 0 spiro atoms. The first kappa shape index (κ1) is 26.9. The van der Waals surface area contributed by atoms with Gasteiger partial charge in [0, 0.05) is 8.04 Å². The largest absolute Gasteiger partial charge is 0.0654 e. The maximum atomic E-state index is 3.90. The van der Waals surface area contributed by atoms with Gasteiger partial charge in [-0.2, -0.15) is 0 Å². The van der Waals surface area contributed by atoms with Gasteiger partial charge in [0.25, 0.3) is 0 Å². The topological polar surface area (TPSA) is 0 Å². The molecule has 0 aromatic heterocycles. The van der Waals surface area contributed by atoms with Gasteiger partial charge in [-0.05, 0) is 114 Å². The van der Waals surface area contributed by atoms with Crippen LogP contribution < -0.4 is 0 Å². The molecule has 2 unspecified atom stereocenters. The zero-order valence-electron chi connectivity index (χ0n) is 20.0. The summed E-state index contributed by atoms with van der Waals surface area (Å²) in [4.78, 5) is 0. The zero-order chi connectivity index (χ0) is 22.6. The predicted molar refractivity (Wildman–Crippen MR) is 150 cm³/mol. The summed E-state index contributed by atoms with van der Waals surface area (Å²) in [5.74, 6) is 1.04. The Morgan fingerprint density at radius 2 is 1.61 bits per heavy atom. The van der Waals surface area contributed by atoms with E-state index in [2.05, 4.69) is 109 Å². The average Bonchev–Trinajstić information content (AvgIpc) is 2.74. The second-order valence-corrected chi connectivity index (χ2v) is 11.2. The van der Waals surface area contributed by atoms with Crippen LogP contribution in [0.5, 0.6) is 0 Å². The molecule has 2 heteroatoms. The SMILES string of the molecule is CCC[CH]C(CC(C)c1ccc(CCCCCCCC)cc1Br)c1ccc(I)cc1C. The van der Waals surface area contributed by atoms with Gasteiger partial charge in [-0.3, -0.25) is 0 Å². The van der Waals surface area contributed by atoms with E-state index in [1.54, 1.807) is 0 Å². The minimum Gasteiger partial charge on any atom is -0.0654 e. The fraction of sp³-hybridized carbons (Fsp3) is 0.552. The molecule has 0 nitrogen and oxygen atoms in total. The van der Waals surface area contributed by atoms with Crippen LogP contribution in [-0.2, 0) is 6.42 Å². The van der Waals surface area contributed by atoms with Gasteiger partial charge in [0.2, 0.25) is 0 Å². The number of hydrogen-bond donors (Lipinski definition) is 0. The summed E-state index contributed by atoms with van der Waals surface area (Å²) in [5.41, 5.74) is 5.84. The Hall–Kier alpha value is -0.350. The molecule has 2 rings (SSSR count). The summed E-state index contributed by atoms with van der Waals surface area (Å²) in [6.07, 6.45) is 15.5. The van der Waals surface area contributed by atoms with E-state index in [1.807, 2.05) is 0 Å². The molecule has 1 radical (unpaired) electrons. The molecule has 171 valence electrons. The van der Waals surface area contributed by atoms with Crippen LogP contribution in [0.3, 0.4) is 0 Å². The molecule has 0 saturated heterocycles. The quantitative estimate of drug-likeness (QED) is 0.150. The van der Waals surface area contributed by atoms with Gasteiger partial charge in [0.15, 0.2) is 0 Å². The molecule has 0 bridgehead atoms. The molecule has 0 N–H and O–H groups in total. The van der Waals surface area contributed by atoms with E-state index in [1.165, 1.54) is 88.1 Å². The van der Waals surface area contributed by atoms with E-state index in [0.29, 0.717) is 11.8 Å². The molecule has 31 heavy (non-hydrogen) atoms. The Kier molecular flexibility index (Phi) is 12.8. The first-order valence-corrected chi connectivity index (χ1v) is 14.2. The van der Waals surface area contributed by atoms with Crippen LogP contribution in [0.25, 0.3) is 0 Å². The molecule has 2 atom stereocenters. The lowest BCUT2D eigenvalue weighted by atomic mass is 9.81. The van der Waals surface area contributed by atoms with Crippen LogP contribution in [0.4, 0.5) is 0 Å². The molecule has 0 fully saturated rings. The standard InChI is InChI=1S/C29H41BrI/c1-5-7-9-10-11-12-13-24-15-17-28(29(30)21-24)22(3)19-25(14-8-6-2)27-18-16-26(31)20-23(27)4/h14-18,20-22,25H,5-13,19H2,1-4H3. The van der Waals surface area contributed by atoms with Gasteiger partial charge in [0.05, 0.1) is 0 Å². The number of rotatable bonds is 14. The van der Waals surface area contributed by atoms with Crippen molar-refractivity contribution in [3.63, 3.8) is 0 Å². The third-order valence-corrected chi connectivity index (χ3v) is 7.75. The summed E-state index contributed by atoms with van der Waals surface area (Å²) in [6, 6.07) is 14.0. The highest BCUT2D eigenvalue weighted by Gasteiger charge is 2.20. The number of aryl methyl sites for hydroxylation is 2. The van der Waals surface area contributed by atoms with Crippen LogP contribution >= 0.6 is 38.5 Å². The van der Waals surface area contributed by atoms with Crippen molar-refractivity contribution in [2.24, 2.45) is 0 Å². The van der Waals surface area contributed by atoms with E-state index in [9.17, 15) is 0 Å². The molecule has 2 aromatic carbocycles. The van der Waals surface area contributed by atoms with Crippen LogP contribution in [0.15, 0.2) is 40.9 Å². The van der Waals surface area contributed by atoms with Gasteiger partial charge in [-0.15, -0.1) is 0 Å². The van der Waals surface area contributed by atoms with Crippen LogP contribution in [-0.4, -0.2) is 0 Å². The van der Waals surface area contributed by atoms with Crippen LogP contribution in [0.1, 0.15) is 113 Å². The zero-order valence-corrected chi connectivity index (χ0v) is 23.8.